The minimum Gasteiger partial charge on any atom is -0.312 e. The second-order valence-electron chi connectivity index (χ2n) is 5.07. The van der Waals surface area contributed by atoms with Gasteiger partial charge in [0.25, 0.3) is 0 Å². The number of hydrogen-bond acceptors (Lipinski definition) is 2. The van der Waals surface area contributed by atoms with Crippen molar-refractivity contribution in [3.8, 4) is 0 Å². The van der Waals surface area contributed by atoms with Gasteiger partial charge in [0.2, 0.25) is 0 Å². The van der Waals surface area contributed by atoms with Crippen molar-refractivity contribution in [1.29, 1.82) is 0 Å². The van der Waals surface area contributed by atoms with Crippen molar-refractivity contribution in [2.45, 2.75) is 30.0 Å². The molecule has 0 saturated carbocycles. The molecule has 0 aliphatic rings. The predicted octanol–water partition coefficient (Wildman–Crippen LogP) is 5.74. The summed E-state index contributed by atoms with van der Waals surface area (Å²) in [6.45, 7) is 4.30. The van der Waals surface area contributed by atoms with Gasteiger partial charge in [-0.25, -0.2) is 0 Å². The zero-order valence-corrected chi connectivity index (χ0v) is 14.7. The van der Waals surface area contributed by atoms with E-state index in [0.717, 1.165) is 9.92 Å². The van der Waals surface area contributed by atoms with E-state index in [9.17, 15) is 0 Å². The molecule has 0 aliphatic carbocycles. The Hall–Kier alpha value is -0.670. The number of aryl methyl sites for hydroxylation is 1. The molecule has 4 heteroatoms. The fraction of sp³-hybridized carbons (Fsp3) is 0.294. The summed E-state index contributed by atoms with van der Waals surface area (Å²) >= 11 is 14.1. The summed E-state index contributed by atoms with van der Waals surface area (Å²) in [6.07, 6.45) is 0. The lowest BCUT2D eigenvalue weighted by Crippen LogP contribution is -2.25. The van der Waals surface area contributed by atoms with Crippen LogP contribution in [0, 0.1) is 6.92 Å². The van der Waals surface area contributed by atoms with E-state index in [1.807, 2.05) is 25.2 Å². The molecule has 2 rings (SSSR count). The molecule has 0 radical (unpaired) electrons. The average Bonchev–Trinajstić information content (AvgIpc) is 2.46. The van der Waals surface area contributed by atoms with E-state index in [4.69, 9.17) is 23.2 Å². The minimum atomic E-state index is 0.255. The molecule has 0 spiro atoms. The van der Waals surface area contributed by atoms with E-state index in [1.165, 1.54) is 11.1 Å². The van der Waals surface area contributed by atoms with Gasteiger partial charge in [-0.2, -0.15) is 0 Å². The number of rotatable bonds is 5. The summed E-state index contributed by atoms with van der Waals surface area (Å²) in [5.74, 6) is 0. The molecule has 2 aromatic carbocycles. The molecule has 2 unspecified atom stereocenters. The summed E-state index contributed by atoms with van der Waals surface area (Å²) < 4.78 is 0. The maximum Gasteiger partial charge on any atom is 0.0543 e. The van der Waals surface area contributed by atoms with Gasteiger partial charge in [-0.15, -0.1) is 11.8 Å². The maximum absolute atomic E-state index is 6.26. The second kappa shape index (κ2) is 7.55. The van der Waals surface area contributed by atoms with Gasteiger partial charge in [0.1, 0.15) is 0 Å². The lowest BCUT2D eigenvalue weighted by Gasteiger charge is -2.24. The lowest BCUT2D eigenvalue weighted by atomic mass is 10.0. The molecule has 0 heterocycles. The summed E-state index contributed by atoms with van der Waals surface area (Å²) in [5, 5.41) is 5.18. The van der Waals surface area contributed by atoms with Crippen LogP contribution >= 0.6 is 35.0 Å². The first-order valence-corrected chi connectivity index (χ1v) is 8.50. The Morgan fingerprint density at radius 2 is 1.71 bits per heavy atom. The Morgan fingerprint density at radius 1 is 1.05 bits per heavy atom. The smallest absolute Gasteiger partial charge is 0.0543 e. The van der Waals surface area contributed by atoms with Crippen LogP contribution in [0.4, 0.5) is 0 Å². The Labute approximate surface area is 141 Å². The number of benzene rings is 2. The van der Waals surface area contributed by atoms with Gasteiger partial charge in [-0.1, -0.05) is 60.0 Å². The molecule has 0 bridgehead atoms. The van der Waals surface area contributed by atoms with E-state index in [0.29, 0.717) is 10.3 Å². The highest BCUT2D eigenvalue weighted by Gasteiger charge is 2.19. The highest BCUT2D eigenvalue weighted by Crippen LogP contribution is 2.37. The van der Waals surface area contributed by atoms with Gasteiger partial charge in [-0.3, -0.25) is 0 Å². The molecule has 0 aliphatic heterocycles. The van der Waals surface area contributed by atoms with E-state index < -0.39 is 0 Å². The molecular formula is C17H19Cl2NS. The topological polar surface area (TPSA) is 12.0 Å². The van der Waals surface area contributed by atoms with Crippen molar-refractivity contribution < 1.29 is 0 Å². The largest absolute Gasteiger partial charge is 0.312 e. The van der Waals surface area contributed by atoms with E-state index in [1.54, 1.807) is 11.8 Å². The van der Waals surface area contributed by atoms with Gasteiger partial charge in [0, 0.05) is 21.2 Å². The van der Waals surface area contributed by atoms with Crippen LogP contribution < -0.4 is 5.32 Å². The van der Waals surface area contributed by atoms with Crippen LogP contribution in [0.2, 0.25) is 10.0 Å². The molecule has 0 aromatic heterocycles. The normalized spacial score (nSPS) is 14.0. The van der Waals surface area contributed by atoms with E-state index in [2.05, 4.69) is 43.4 Å². The van der Waals surface area contributed by atoms with Crippen LogP contribution in [-0.4, -0.2) is 12.3 Å². The number of nitrogens with one attached hydrogen (secondary N) is 1. The van der Waals surface area contributed by atoms with Crippen LogP contribution in [0.3, 0.4) is 0 Å². The molecule has 2 aromatic rings. The standard InChI is InChI=1S/C17H19Cl2NS/c1-11-4-6-13(7-5-11)17(20-3)12(2)21-16-10-14(18)8-9-15(16)19/h4-10,12,17,20H,1-3H3. The third-order valence-corrected chi connectivity index (χ3v) is 5.34. The highest BCUT2D eigenvalue weighted by atomic mass is 35.5. The quantitative estimate of drug-likeness (QED) is 0.696. The molecule has 21 heavy (non-hydrogen) atoms. The summed E-state index contributed by atoms with van der Waals surface area (Å²) in [4.78, 5) is 1.02. The van der Waals surface area contributed by atoms with Crippen LogP contribution in [0.15, 0.2) is 47.4 Å². The van der Waals surface area contributed by atoms with Crippen LogP contribution in [0.25, 0.3) is 0 Å². The first-order valence-electron chi connectivity index (χ1n) is 6.87. The van der Waals surface area contributed by atoms with Crippen molar-refractivity contribution in [3.63, 3.8) is 0 Å². The molecule has 112 valence electrons. The number of thioether (sulfide) groups is 1. The van der Waals surface area contributed by atoms with Crippen LogP contribution in [0.1, 0.15) is 24.1 Å². The third-order valence-electron chi connectivity index (χ3n) is 3.42. The van der Waals surface area contributed by atoms with Gasteiger partial charge >= 0.3 is 0 Å². The van der Waals surface area contributed by atoms with Crippen molar-refractivity contribution in [3.05, 3.63) is 63.6 Å². The number of hydrogen-bond donors (Lipinski definition) is 1. The van der Waals surface area contributed by atoms with E-state index >= 15 is 0 Å². The van der Waals surface area contributed by atoms with Crippen molar-refractivity contribution in [2.24, 2.45) is 0 Å². The predicted molar refractivity (Wildman–Crippen MR) is 94.8 cm³/mol. The molecular weight excluding hydrogens is 321 g/mol. The Bertz CT molecular complexity index is 598. The van der Waals surface area contributed by atoms with Crippen molar-refractivity contribution >= 4 is 35.0 Å². The molecule has 0 fully saturated rings. The molecule has 0 amide bonds. The van der Waals surface area contributed by atoms with Crippen molar-refractivity contribution in [1.82, 2.24) is 5.32 Å². The lowest BCUT2D eigenvalue weighted by molar-refractivity contribution is 0.589. The fourth-order valence-electron chi connectivity index (χ4n) is 2.28. The zero-order chi connectivity index (χ0) is 15.4. The van der Waals surface area contributed by atoms with Crippen molar-refractivity contribution in [2.75, 3.05) is 7.05 Å². The Morgan fingerprint density at radius 3 is 2.33 bits per heavy atom. The summed E-state index contributed by atoms with van der Waals surface area (Å²) in [6, 6.07) is 14.5. The highest BCUT2D eigenvalue weighted by molar-refractivity contribution is 8.00. The van der Waals surface area contributed by atoms with Crippen LogP contribution in [0.5, 0.6) is 0 Å². The van der Waals surface area contributed by atoms with Gasteiger partial charge < -0.3 is 5.32 Å². The Kier molecular flexibility index (Phi) is 6.00. The minimum absolute atomic E-state index is 0.255. The molecule has 0 saturated heterocycles. The molecule has 2 atom stereocenters. The SMILES string of the molecule is CNC(c1ccc(C)cc1)C(C)Sc1cc(Cl)ccc1Cl. The monoisotopic (exact) mass is 339 g/mol. The third kappa shape index (κ3) is 4.40. The summed E-state index contributed by atoms with van der Waals surface area (Å²) in [7, 11) is 1.99. The first-order chi connectivity index (χ1) is 10.0. The zero-order valence-electron chi connectivity index (χ0n) is 12.4. The number of halogens is 2. The van der Waals surface area contributed by atoms with Gasteiger partial charge in [0.05, 0.1) is 5.02 Å². The summed E-state index contributed by atoms with van der Waals surface area (Å²) in [5.41, 5.74) is 2.55. The maximum atomic E-state index is 6.26. The first kappa shape index (κ1) is 16.7. The average molecular weight is 340 g/mol. The Balaban J connectivity index is 2.18. The fourth-order valence-corrected chi connectivity index (χ4v) is 3.98. The van der Waals surface area contributed by atoms with E-state index in [-0.39, 0.29) is 6.04 Å². The van der Waals surface area contributed by atoms with Crippen LogP contribution in [-0.2, 0) is 0 Å². The van der Waals surface area contributed by atoms with Gasteiger partial charge in [0.15, 0.2) is 0 Å². The molecule has 1 nitrogen and oxygen atoms in total. The van der Waals surface area contributed by atoms with Gasteiger partial charge in [-0.05, 0) is 37.7 Å². The molecule has 1 N–H and O–H groups in total. The second-order valence-corrected chi connectivity index (χ2v) is 7.34.